The Hall–Kier alpha value is -0.790. The highest BCUT2D eigenvalue weighted by Gasteiger charge is 2.60. The molecule has 1 aliphatic carbocycles. The summed E-state index contributed by atoms with van der Waals surface area (Å²) in [5, 5.41) is 0. The first-order valence-electron chi connectivity index (χ1n) is 5.31. The first kappa shape index (κ1) is 9.75. The van der Waals surface area contributed by atoms with Crippen LogP contribution in [0.25, 0.3) is 0 Å². The van der Waals surface area contributed by atoms with Crippen LogP contribution in [0.5, 0.6) is 0 Å². The Morgan fingerprint density at radius 2 is 2.14 bits per heavy atom. The van der Waals surface area contributed by atoms with Gasteiger partial charge in [-0.2, -0.15) is 0 Å². The van der Waals surface area contributed by atoms with Gasteiger partial charge in [-0.1, -0.05) is 13.8 Å². The van der Waals surface area contributed by atoms with Gasteiger partial charge in [0.25, 0.3) is 0 Å². The molecular formula is C12H18O2. The third-order valence-electron chi connectivity index (χ3n) is 4.85. The van der Waals surface area contributed by atoms with Gasteiger partial charge in [0.15, 0.2) is 0 Å². The monoisotopic (exact) mass is 194 g/mol. The van der Waals surface area contributed by atoms with E-state index in [0.717, 1.165) is 12.8 Å². The summed E-state index contributed by atoms with van der Waals surface area (Å²) in [6.45, 7) is 8.49. The Kier molecular flexibility index (Phi) is 1.82. The molecule has 1 aliphatic heterocycles. The first-order chi connectivity index (χ1) is 6.43. The Balaban J connectivity index is 2.56. The summed E-state index contributed by atoms with van der Waals surface area (Å²) in [6, 6.07) is 0. The van der Waals surface area contributed by atoms with E-state index in [-0.39, 0.29) is 16.8 Å². The van der Waals surface area contributed by atoms with E-state index in [0.29, 0.717) is 5.92 Å². The van der Waals surface area contributed by atoms with Gasteiger partial charge in [0, 0.05) is 5.41 Å². The summed E-state index contributed by atoms with van der Waals surface area (Å²) in [5.74, 6) is 0.374. The van der Waals surface area contributed by atoms with Gasteiger partial charge in [0.05, 0.1) is 11.7 Å². The lowest BCUT2D eigenvalue weighted by molar-refractivity contribution is -0.159. The minimum Gasteiger partial charge on any atom is -0.434 e. The van der Waals surface area contributed by atoms with Crippen LogP contribution >= 0.6 is 0 Å². The van der Waals surface area contributed by atoms with E-state index in [2.05, 4.69) is 27.7 Å². The van der Waals surface area contributed by atoms with Gasteiger partial charge in [0.2, 0.25) is 0 Å². The standard InChI is InChI=1S/C12H18O2/c1-8-5-6-11(3)9(2)7-14-10(13)12(8,11)4/h7-8H,5-6H2,1-4H3/t8-,11-,12+/m0/s1. The van der Waals surface area contributed by atoms with Crippen LogP contribution in [0.15, 0.2) is 11.8 Å². The van der Waals surface area contributed by atoms with Gasteiger partial charge in [-0.05, 0) is 38.2 Å². The second kappa shape index (κ2) is 2.62. The highest BCUT2D eigenvalue weighted by molar-refractivity contribution is 5.81. The second-order valence-electron chi connectivity index (χ2n) is 5.18. The van der Waals surface area contributed by atoms with E-state index in [4.69, 9.17) is 4.74 Å². The number of carbonyl (C=O) groups excluding carboxylic acids is 1. The van der Waals surface area contributed by atoms with Gasteiger partial charge in [0.1, 0.15) is 0 Å². The number of fused-ring (bicyclic) bond motifs is 1. The van der Waals surface area contributed by atoms with E-state index in [1.54, 1.807) is 6.26 Å². The Bertz CT molecular complexity index is 318. The smallest absolute Gasteiger partial charge is 0.317 e. The molecule has 1 fully saturated rings. The van der Waals surface area contributed by atoms with Crippen molar-refractivity contribution in [1.82, 2.24) is 0 Å². The normalized spacial score (nSPS) is 47.0. The van der Waals surface area contributed by atoms with Crippen molar-refractivity contribution in [1.29, 1.82) is 0 Å². The molecule has 2 rings (SSSR count). The highest BCUT2D eigenvalue weighted by atomic mass is 16.5. The van der Waals surface area contributed by atoms with E-state index < -0.39 is 0 Å². The van der Waals surface area contributed by atoms with Crippen LogP contribution in [0.1, 0.15) is 40.5 Å². The van der Waals surface area contributed by atoms with E-state index in [1.165, 1.54) is 5.57 Å². The number of hydrogen-bond donors (Lipinski definition) is 0. The predicted molar refractivity (Wildman–Crippen MR) is 54.5 cm³/mol. The average Bonchev–Trinajstić information content (AvgIpc) is 2.39. The Morgan fingerprint density at radius 3 is 2.71 bits per heavy atom. The number of rotatable bonds is 0. The summed E-state index contributed by atoms with van der Waals surface area (Å²) in [5.41, 5.74) is 0.914. The zero-order chi connectivity index (χ0) is 10.6. The SMILES string of the molecule is CC1=COC(=O)[C@@]2(C)[C@@H](C)CC[C@@]12C. The molecule has 0 spiro atoms. The number of allylic oxidation sites excluding steroid dienone is 1. The van der Waals surface area contributed by atoms with Crippen molar-refractivity contribution >= 4 is 5.97 Å². The van der Waals surface area contributed by atoms with Gasteiger partial charge >= 0.3 is 5.97 Å². The Labute approximate surface area is 85.3 Å². The van der Waals surface area contributed by atoms with E-state index in [1.807, 2.05) is 0 Å². The third-order valence-corrected chi connectivity index (χ3v) is 4.85. The maximum atomic E-state index is 11.9. The quantitative estimate of drug-likeness (QED) is 0.554. The molecule has 0 aromatic carbocycles. The van der Waals surface area contributed by atoms with Crippen molar-refractivity contribution < 1.29 is 9.53 Å². The van der Waals surface area contributed by atoms with Crippen LogP contribution in [-0.4, -0.2) is 5.97 Å². The van der Waals surface area contributed by atoms with Crippen LogP contribution in [0.3, 0.4) is 0 Å². The fourth-order valence-corrected chi connectivity index (χ4v) is 3.02. The molecule has 3 atom stereocenters. The lowest BCUT2D eigenvalue weighted by Crippen LogP contribution is -2.47. The fourth-order valence-electron chi connectivity index (χ4n) is 3.02. The van der Waals surface area contributed by atoms with Crippen molar-refractivity contribution in [3.05, 3.63) is 11.8 Å². The average molecular weight is 194 g/mol. The number of carbonyl (C=O) groups is 1. The van der Waals surface area contributed by atoms with Gasteiger partial charge < -0.3 is 4.74 Å². The minimum absolute atomic E-state index is 0.0156. The van der Waals surface area contributed by atoms with Crippen molar-refractivity contribution in [2.24, 2.45) is 16.7 Å². The molecule has 14 heavy (non-hydrogen) atoms. The molecule has 0 radical (unpaired) electrons. The molecule has 0 saturated heterocycles. The molecule has 2 nitrogen and oxygen atoms in total. The van der Waals surface area contributed by atoms with Crippen LogP contribution in [0, 0.1) is 16.7 Å². The van der Waals surface area contributed by atoms with Crippen LogP contribution in [-0.2, 0) is 9.53 Å². The highest BCUT2D eigenvalue weighted by Crippen LogP contribution is 2.61. The van der Waals surface area contributed by atoms with Gasteiger partial charge in [-0.15, -0.1) is 0 Å². The summed E-state index contributed by atoms with van der Waals surface area (Å²) in [4.78, 5) is 11.9. The maximum Gasteiger partial charge on any atom is 0.317 e. The minimum atomic E-state index is -0.314. The molecule has 0 bridgehead atoms. The van der Waals surface area contributed by atoms with Crippen molar-refractivity contribution in [3.8, 4) is 0 Å². The molecule has 0 aromatic heterocycles. The van der Waals surface area contributed by atoms with Gasteiger partial charge in [-0.25, -0.2) is 0 Å². The number of hydrogen-bond acceptors (Lipinski definition) is 2. The lowest BCUT2D eigenvalue weighted by Gasteiger charge is -2.44. The topological polar surface area (TPSA) is 26.3 Å². The molecule has 1 heterocycles. The van der Waals surface area contributed by atoms with Crippen LogP contribution in [0.2, 0.25) is 0 Å². The predicted octanol–water partition coefficient (Wildman–Crippen LogP) is 2.89. The first-order valence-corrected chi connectivity index (χ1v) is 5.31. The molecule has 2 aliphatic rings. The van der Waals surface area contributed by atoms with Crippen molar-refractivity contribution in [3.63, 3.8) is 0 Å². The zero-order valence-corrected chi connectivity index (χ0v) is 9.39. The summed E-state index contributed by atoms with van der Waals surface area (Å²) >= 11 is 0. The summed E-state index contributed by atoms with van der Waals surface area (Å²) in [7, 11) is 0. The number of esters is 1. The molecular weight excluding hydrogens is 176 g/mol. The molecule has 0 N–H and O–H groups in total. The Morgan fingerprint density at radius 1 is 1.50 bits per heavy atom. The molecule has 0 aromatic rings. The van der Waals surface area contributed by atoms with Crippen molar-refractivity contribution in [2.45, 2.75) is 40.5 Å². The van der Waals surface area contributed by atoms with E-state index >= 15 is 0 Å². The van der Waals surface area contributed by atoms with Gasteiger partial charge in [-0.3, -0.25) is 4.79 Å². The van der Waals surface area contributed by atoms with Crippen LogP contribution in [0.4, 0.5) is 0 Å². The summed E-state index contributed by atoms with van der Waals surface area (Å²) < 4.78 is 5.14. The van der Waals surface area contributed by atoms with E-state index in [9.17, 15) is 4.79 Å². The third kappa shape index (κ3) is 0.844. The molecule has 0 amide bonds. The number of cyclic esters (lactones) is 1. The lowest BCUT2D eigenvalue weighted by atomic mass is 9.61. The zero-order valence-electron chi connectivity index (χ0n) is 9.39. The molecule has 78 valence electrons. The fraction of sp³-hybridized carbons (Fsp3) is 0.750. The molecule has 0 unspecified atom stereocenters. The van der Waals surface area contributed by atoms with Crippen LogP contribution < -0.4 is 0 Å². The largest absolute Gasteiger partial charge is 0.434 e. The summed E-state index contributed by atoms with van der Waals surface area (Å²) in [6.07, 6.45) is 3.86. The molecule has 2 heteroatoms. The number of ether oxygens (including phenoxy) is 1. The second-order valence-corrected chi connectivity index (χ2v) is 5.18. The van der Waals surface area contributed by atoms with Crippen molar-refractivity contribution in [2.75, 3.05) is 0 Å². The maximum absolute atomic E-state index is 11.9. The molecule has 1 saturated carbocycles.